The van der Waals surface area contributed by atoms with Crippen LogP contribution in [0.25, 0.3) is 0 Å². The van der Waals surface area contributed by atoms with Crippen molar-refractivity contribution in [2.24, 2.45) is 11.8 Å². The molecule has 1 aromatic heterocycles. The number of carbonyl (C=O) groups is 3. The number of benzene rings is 1. The molecule has 0 radical (unpaired) electrons. The van der Waals surface area contributed by atoms with Crippen molar-refractivity contribution in [2.45, 2.75) is 113 Å². The summed E-state index contributed by atoms with van der Waals surface area (Å²) in [6.07, 6.45) is 6.62. The fraction of sp³-hybridized carbons (Fsp3) is 0.658. The van der Waals surface area contributed by atoms with E-state index >= 15 is 0 Å². The second kappa shape index (κ2) is 17.5. The predicted molar refractivity (Wildman–Crippen MR) is 191 cm³/mol. The van der Waals surface area contributed by atoms with Gasteiger partial charge in [0, 0.05) is 31.8 Å². The van der Waals surface area contributed by atoms with Crippen LogP contribution in [-0.4, -0.2) is 102 Å². The molecule has 12 nitrogen and oxygen atoms in total. The number of hydrogen-bond donors (Lipinski definition) is 4. The SMILES string of the molecule is CC(C)(C(=O)N1CCOCC1)S(=O)(=O)CC(CC(=O)NC(Cc1ccco1)C(=O)N[C@@H](CC1CCCCC1)[C@@H](O)[C@@H](O)C1CC1)c1ccccc1. The van der Waals surface area contributed by atoms with Crippen LogP contribution in [0.15, 0.2) is 53.1 Å². The lowest BCUT2D eigenvalue weighted by Gasteiger charge is -2.34. The van der Waals surface area contributed by atoms with E-state index in [1.54, 1.807) is 42.5 Å². The molecule has 2 unspecified atom stereocenters. The molecule has 0 spiro atoms. The van der Waals surface area contributed by atoms with Crippen molar-refractivity contribution in [3.63, 3.8) is 0 Å². The highest BCUT2D eigenvalue weighted by atomic mass is 32.2. The van der Waals surface area contributed by atoms with E-state index in [1.807, 2.05) is 0 Å². The fourth-order valence-corrected chi connectivity index (χ4v) is 9.02. The minimum atomic E-state index is -4.09. The second-order valence-electron chi connectivity index (χ2n) is 15.1. The maximum atomic E-state index is 14.0. The Morgan fingerprint density at radius 1 is 0.941 bits per heavy atom. The molecule has 1 aliphatic heterocycles. The van der Waals surface area contributed by atoms with Crippen LogP contribution in [-0.2, 0) is 35.4 Å². The first-order chi connectivity index (χ1) is 24.4. The number of amides is 3. The third-order valence-electron chi connectivity index (χ3n) is 10.9. The molecule has 2 saturated carbocycles. The van der Waals surface area contributed by atoms with Crippen LogP contribution < -0.4 is 10.6 Å². The lowest BCUT2D eigenvalue weighted by Crippen LogP contribution is -2.56. The summed E-state index contributed by atoms with van der Waals surface area (Å²) in [4.78, 5) is 42.8. The Morgan fingerprint density at radius 3 is 2.25 bits per heavy atom. The topological polar surface area (TPSA) is 175 Å². The molecule has 2 aromatic rings. The zero-order valence-electron chi connectivity index (χ0n) is 29.9. The Balaban J connectivity index is 1.33. The molecule has 51 heavy (non-hydrogen) atoms. The molecule has 2 aliphatic carbocycles. The van der Waals surface area contributed by atoms with Crippen molar-refractivity contribution in [1.29, 1.82) is 0 Å². The highest BCUT2D eigenvalue weighted by molar-refractivity contribution is 7.93. The first-order valence-electron chi connectivity index (χ1n) is 18.5. The van der Waals surface area contributed by atoms with Crippen molar-refractivity contribution in [1.82, 2.24) is 15.5 Å². The molecular formula is C38H55N3O9S. The first kappa shape index (κ1) is 39.0. The second-order valence-corrected chi connectivity index (χ2v) is 17.7. The molecule has 282 valence electrons. The number of sulfone groups is 1. The van der Waals surface area contributed by atoms with Gasteiger partial charge in [0.1, 0.15) is 22.7 Å². The third kappa shape index (κ3) is 10.4. The van der Waals surface area contributed by atoms with Crippen molar-refractivity contribution < 1.29 is 42.2 Å². The van der Waals surface area contributed by atoms with Crippen LogP contribution >= 0.6 is 0 Å². The summed E-state index contributed by atoms with van der Waals surface area (Å²) in [5.74, 6) is -2.08. The summed E-state index contributed by atoms with van der Waals surface area (Å²) < 4.78 is 37.1. The van der Waals surface area contributed by atoms with Crippen molar-refractivity contribution in [3.8, 4) is 0 Å². The largest absolute Gasteiger partial charge is 0.469 e. The van der Waals surface area contributed by atoms with E-state index in [0.29, 0.717) is 50.0 Å². The van der Waals surface area contributed by atoms with E-state index in [-0.39, 0.29) is 18.8 Å². The number of aliphatic hydroxyl groups is 2. The fourth-order valence-electron chi connectivity index (χ4n) is 7.37. The van der Waals surface area contributed by atoms with Gasteiger partial charge in [-0.25, -0.2) is 8.42 Å². The predicted octanol–water partition coefficient (Wildman–Crippen LogP) is 3.12. The van der Waals surface area contributed by atoms with Gasteiger partial charge in [-0.3, -0.25) is 14.4 Å². The molecule has 4 N–H and O–H groups in total. The standard InChI is InChI=1S/C38H55N3O9S/c1-38(2,37(46)41-17-20-49-21-18-41)51(47,48)25-29(27-12-7-4-8-13-27)23-33(42)39-32(24-30-14-9-19-50-30)36(45)40-31(22-26-10-5-3-6-11-26)35(44)34(43)28-15-16-28/h4,7-9,12-14,19,26,28-29,31-32,34-35,43-44H,3,5-6,10-11,15-18,20-25H2,1-2H3,(H,39,42)(H,40,45)/t29?,31-,32?,34-,35+/m0/s1. The van der Waals surface area contributed by atoms with Gasteiger partial charge in [0.2, 0.25) is 17.7 Å². The van der Waals surface area contributed by atoms with Crippen LogP contribution in [0.1, 0.15) is 88.9 Å². The number of furan rings is 1. The normalized spacial score (nSPS) is 20.5. The van der Waals surface area contributed by atoms with Crippen LogP contribution in [0.3, 0.4) is 0 Å². The molecule has 2 heterocycles. The van der Waals surface area contributed by atoms with Crippen molar-refractivity contribution in [3.05, 3.63) is 60.1 Å². The average Bonchev–Trinajstić information content (AvgIpc) is 3.86. The molecule has 3 fully saturated rings. The van der Waals surface area contributed by atoms with Gasteiger partial charge >= 0.3 is 0 Å². The summed E-state index contributed by atoms with van der Waals surface area (Å²) in [7, 11) is -4.09. The maximum Gasteiger partial charge on any atom is 0.243 e. The monoisotopic (exact) mass is 729 g/mol. The quantitative estimate of drug-likeness (QED) is 0.191. The number of rotatable bonds is 17. The Morgan fingerprint density at radius 2 is 1.63 bits per heavy atom. The van der Waals surface area contributed by atoms with Gasteiger partial charge in [0.25, 0.3) is 0 Å². The number of ether oxygens (including phenoxy) is 1. The lowest BCUT2D eigenvalue weighted by molar-refractivity contribution is -0.137. The Hall–Kier alpha value is -3.26. The first-order valence-corrected chi connectivity index (χ1v) is 20.1. The van der Waals surface area contributed by atoms with Crippen LogP contribution in [0, 0.1) is 11.8 Å². The maximum absolute atomic E-state index is 14.0. The summed E-state index contributed by atoms with van der Waals surface area (Å²) >= 11 is 0. The number of carbonyl (C=O) groups excluding carboxylic acids is 3. The number of nitrogens with one attached hydrogen (secondary N) is 2. The van der Waals surface area contributed by atoms with Crippen molar-refractivity contribution >= 4 is 27.6 Å². The molecule has 5 atom stereocenters. The summed E-state index contributed by atoms with van der Waals surface area (Å²) in [5, 5.41) is 27.9. The number of aliphatic hydroxyl groups excluding tert-OH is 2. The number of morpholine rings is 1. The Bertz CT molecular complexity index is 1530. The van der Waals surface area contributed by atoms with Gasteiger partial charge in [0.05, 0.1) is 37.4 Å². The van der Waals surface area contributed by atoms with E-state index < -0.39 is 68.3 Å². The van der Waals surface area contributed by atoms with Gasteiger partial charge in [-0.1, -0.05) is 62.4 Å². The summed E-state index contributed by atoms with van der Waals surface area (Å²) in [6.45, 7) is 4.10. The minimum Gasteiger partial charge on any atom is -0.469 e. The smallest absolute Gasteiger partial charge is 0.243 e. The van der Waals surface area contributed by atoms with E-state index in [4.69, 9.17) is 9.15 Å². The average molecular weight is 730 g/mol. The number of hydrogen-bond acceptors (Lipinski definition) is 9. The molecule has 3 aliphatic rings. The lowest BCUT2D eigenvalue weighted by atomic mass is 9.82. The molecule has 13 heteroatoms. The van der Waals surface area contributed by atoms with E-state index in [2.05, 4.69) is 10.6 Å². The summed E-state index contributed by atoms with van der Waals surface area (Å²) in [5.41, 5.74) is 0.614. The molecular weight excluding hydrogens is 674 g/mol. The third-order valence-corrected chi connectivity index (χ3v) is 13.4. The molecule has 3 amide bonds. The molecule has 0 bridgehead atoms. The Labute approximate surface area is 301 Å². The number of nitrogens with zero attached hydrogens (tertiary/aromatic N) is 1. The van der Waals surface area contributed by atoms with Gasteiger partial charge in [-0.2, -0.15) is 0 Å². The van der Waals surface area contributed by atoms with Gasteiger partial charge in [-0.15, -0.1) is 0 Å². The van der Waals surface area contributed by atoms with E-state index in [9.17, 15) is 33.0 Å². The van der Waals surface area contributed by atoms with Gasteiger partial charge in [-0.05, 0) is 62.6 Å². The van der Waals surface area contributed by atoms with Crippen molar-refractivity contribution in [2.75, 3.05) is 32.1 Å². The van der Waals surface area contributed by atoms with E-state index in [1.165, 1.54) is 25.0 Å². The Kier molecular flexibility index (Phi) is 13.4. The zero-order valence-corrected chi connectivity index (χ0v) is 30.7. The van der Waals surface area contributed by atoms with Crippen LogP contribution in [0.2, 0.25) is 0 Å². The highest BCUT2D eigenvalue weighted by Gasteiger charge is 2.46. The van der Waals surface area contributed by atoms with Gasteiger partial charge in [0.15, 0.2) is 9.84 Å². The molecule has 1 saturated heterocycles. The van der Waals surface area contributed by atoms with Crippen LogP contribution in [0.4, 0.5) is 0 Å². The zero-order chi connectivity index (χ0) is 36.6. The van der Waals surface area contributed by atoms with Crippen LogP contribution in [0.5, 0.6) is 0 Å². The minimum absolute atomic E-state index is 0.00437. The highest BCUT2D eigenvalue weighted by Crippen LogP contribution is 2.36. The molecule has 5 rings (SSSR count). The summed E-state index contributed by atoms with van der Waals surface area (Å²) in [6, 6.07) is 10.4. The molecule has 1 aromatic carbocycles. The van der Waals surface area contributed by atoms with Gasteiger partial charge < -0.3 is 34.9 Å². The van der Waals surface area contributed by atoms with E-state index in [0.717, 1.165) is 44.9 Å².